The van der Waals surface area contributed by atoms with E-state index in [1.807, 2.05) is 0 Å². The lowest BCUT2D eigenvalue weighted by Crippen LogP contribution is -2.37. The maximum Gasteiger partial charge on any atom is 0.209 e. The minimum atomic E-state index is -3.12. The first-order valence-electron chi connectivity index (χ1n) is 3.52. The fourth-order valence-electron chi connectivity index (χ4n) is 0.812. The Bertz CT molecular complexity index is 199. The molecule has 1 N–H and O–H groups in total. The van der Waals surface area contributed by atoms with E-state index in [9.17, 15) is 8.42 Å². The summed E-state index contributed by atoms with van der Waals surface area (Å²) in [6.07, 6.45) is 1.87. The lowest BCUT2D eigenvalue weighted by molar-refractivity contribution is 0.173. The smallest absolute Gasteiger partial charge is 0.209 e. The molecule has 0 fully saturated rings. The van der Waals surface area contributed by atoms with Crippen molar-refractivity contribution in [3.63, 3.8) is 0 Å². The van der Waals surface area contributed by atoms with Gasteiger partial charge in [0.05, 0.1) is 12.9 Å². The molecule has 0 aliphatic heterocycles. The molecule has 6 heteroatoms. The molecular formula is C6H14BrNO3S. The fourth-order valence-corrected chi connectivity index (χ4v) is 2.16. The summed E-state index contributed by atoms with van der Waals surface area (Å²) in [7, 11) is -1.57. The SMILES string of the molecule is COCC(CCBr)NS(C)(=O)=O. The maximum atomic E-state index is 10.8. The van der Waals surface area contributed by atoms with Crippen molar-refractivity contribution >= 4 is 26.0 Å². The van der Waals surface area contributed by atoms with Crippen LogP contribution in [-0.4, -0.2) is 39.8 Å². The van der Waals surface area contributed by atoms with Gasteiger partial charge in [0.2, 0.25) is 10.0 Å². The Labute approximate surface area is 81.9 Å². The molecule has 0 aliphatic carbocycles. The van der Waals surface area contributed by atoms with Crippen LogP contribution in [0.15, 0.2) is 0 Å². The Hall–Kier alpha value is 0.350. The molecular weight excluding hydrogens is 246 g/mol. The average Bonchev–Trinajstić information content (AvgIpc) is 1.84. The first-order chi connectivity index (χ1) is 5.49. The molecule has 74 valence electrons. The highest BCUT2D eigenvalue weighted by molar-refractivity contribution is 9.09. The van der Waals surface area contributed by atoms with Gasteiger partial charge < -0.3 is 4.74 Å². The van der Waals surface area contributed by atoms with Gasteiger partial charge in [0.15, 0.2) is 0 Å². The average molecular weight is 260 g/mol. The van der Waals surface area contributed by atoms with E-state index in [1.165, 1.54) is 0 Å². The number of halogens is 1. The fraction of sp³-hybridized carbons (Fsp3) is 1.00. The first-order valence-corrected chi connectivity index (χ1v) is 6.53. The van der Waals surface area contributed by atoms with E-state index in [1.54, 1.807) is 7.11 Å². The van der Waals surface area contributed by atoms with Crippen molar-refractivity contribution in [3.05, 3.63) is 0 Å². The van der Waals surface area contributed by atoms with Crippen LogP contribution in [-0.2, 0) is 14.8 Å². The molecule has 4 nitrogen and oxygen atoms in total. The minimum absolute atomic E-state index is 0.135. The molecule has 0 aromatic carbocycles. The van der Waals surface area contributed by atoms with Gasteiger partial charge >= 0.3 is 0 Å². The predicted octanol–water partition coefficient (Wildman–Crippen LogP) is 0.336. The van der Waals surface area contributed by atoms with E-state index < -0.39 is 10.0 Å². The second-order valence-corrected chi connectivity index (χ2v) is 5.09. The highest BCUT2D eigenvalue weighted by atomic mass is 79.9. The number of methoxy groups -OCH3 is 1. The van der Waals surface area contributed by atoms with Crippen LogP contribution in [0.5, 0.6) is 0 Å². The quantitative estimate of drug-likeness (QED) is 0.700. The Morgan fingerprint density at radius 1 is 1.58 bits per heavy atom. The second kappa shape index (κ2) is 5.90. The van der Waals surface area contributed by atoms with E-state index in [0.717, 1.165) is 18.0 Å². The number of hydrogen-bond acceptors (Lipinski definition) is 3. The van der Waals surface area contributed by atoms with Crippen LogP contribution in [0.2, 0.25) is 0 Å². The van der Waals surface area contributed by atoms with Crippen molar-refractivity contribution in [2.75, 3.05) is 25.3 Å². The van der Waals surface area contributed by atoms with Crippen LogP contribution in [0, 0.1) is 0 Å². The zero-order valence-electron chi connectivity index (χ0n) is 7.21. The summed E-state index contributed by atoms with van der Waals surface area (Å²) in [5.74, 6) is 0. The maximum absolute atomic E-state index is 10.8. The van der Waals surface area contributed by atoms with Gasteiger partial charge in [0.1, 0.15) is 0 Å². The van der Waals surface area contributed by atoms with Gasteiger partial charge in [0.25, 0.3) is 0 Å². The molecule has 0 rings (SSSR count). The largest absolute Gasteiger partial charge is 0.383 e. The summed E-state index contributed by atoms with van der Waals surface area (Å²) >= 11 is 3.24. The van der Waals surface area contributed by atoms with Gasteiger partial charge in [-0.1, -0.05) is 15.9 Å². The molecule has 0 aliphatic rings. The molecule has 0 saturated carbocycles. The Morgan fingerprint density at radius 3 is 2.50 bits per heavy atom. The monoisotopic (exact) mass is 259 g/mol. The number of rotatable bonds is 6. The van der Waals surface area contributed by atoms with Crippen molar-refractivity contribution in [2.45, 2.75) is 12.5 Å². The number of nitrogens with one attached hydrogen (secondary N) is 1. The molecule has 0 saturated heterocycles. The van der Waals surface area contributed by atoms with Gasteiger partial charge in [0, 0.05) is 18.5 Å². The summed E-state index contributed by atoms with van der Waals surface area (Å²) in [6.45, 7) is 0.401. The standard InChI is InChI=1S/C6H14BrNO3S/c1-11-5-6(3-4-7)8-12(2,9)10/h6,8H,3-5H2,1-2H3. The molecule has 1 atom stereocenters. The van der Waals surface area contributed by atoms with E-state index in [0.29, 0.717) is 6.61 Å². The van der Waals surface area contributed by atoms with Crippen LogP contribution < -0.4 is 4.72 Å². The molecule has 0 amide bonds. The summed E-state index contributed by atoms with van der Waals surface area (Å²) in [6, 6.07) is -0.135. The van der Waals surface area contributed by atoms with Gasteiger partial charge in [-0.3, -0.25) is 0 Å². The van der Waals surface area contributed by atoms with E-state index in [4.69, 9.17) is 4.74 Å². The van der Waals surface area contributed by atoms with E-state index in [2.05, 4.69) is 20.7 Å². The van der Waals surface area contributed by atoms with Crippen LogP contribution in [0.3, 0.4) is 0 Å². The summed E-state index contributed by atoms with van der Waals surface area (Å²) in [5.41, 5.74) is 0. The Balaban J connectivity index is 3.95. The van der Waals surface area contributed by atoms with Crippen molar-refractivity contribution in [3.8, 4) is 0 Å². The summed E-state index contributed by atoms with van der Waals surface area (Å²) < 4.78 is 28.9. The lowest BCUT2D eigenvalue weighted by atomic mass is 10.3. The van der Waals surface area contributed by atoms with Gasteiger partial charge in [-0.2, -0.15) is 0 Å². The second-order valence-electron chi connectivity index (χ2n) is 2.52. The molecule has 12 heavy (non-hydrogen) atoms. The summed E-state index contributed by atoms with van der Waals surface area (Å²) in [4.78, 5) is 0. The highest BCUT2D eigenvalue weighted by Crippen LogP contribution is 1.98. The molecule has 0 aromatic rings. The summed E-state index contributed by atoms with van der Waals surface area (Å²) in [5, 5.41) is 0.754. The normalized spacial score (nSPS) is 14.6. The molecule has 0 radical (unpaired) electrons. The van der Waals surface area contributed by atoms with Gasteiger partial charge in [-0.15, -0.1) is 0 Å². The molecule has 0 bridgehead atoms. The molecule has 0 aromatic heterocycles. The van der Waals surface area contributed by atoms with Crippen molar-refractivity contribution in [1.29, 1.82) is 0 Å². The number of hydrogen-bond donors (Lipinski definition) is 1. The van der Waals surface area contributed by atoms with Crippen LogP contribution >= 0.6 is 15.9 Å². The van der Waals surface area contributed by atoms with E-state index >= 15 is 0 Å². The van der Waals surface area contributed by atoms with Crippen LogP contribution in [0.1, 0.15) is 6.42 Å². The van der Waals surface area contributed by atoms with Crippen LogP contribution in [0.25, 0.3) is 0 Å². The van der Waals surface area contributed by atoms with Crippen molar-refractivity contribution in [1.82, 2.24) is 4.72 Å². The zero-order chi connectivity index (χ0) is 9.61. The van der Waals surface area contributed by atoms with Gasteiger partial charge in [-0.25, -0.2) is 13.1 Å². The highest BCUT2D eigenvalue weighted by Gasteiger charge is 2.12. The molecule has 0 heterocycles. The minimum Gasteiger partial charge on any atom is -0.383 e. The Kier molecular flexibility index (Phi) is 6.08. The van der Waals surface area contributed by atoms with Crippen LogP contribution in [0.4, 0.5) is 0 Å². The molecule has 1 unspecified atom stereocenters. The zero-order valence-corrected chi connectivity index (χ0v) is 9.61. The molecule has 0 spiro atoms. The number of ether oxygens (including phenoxy) is 1. The predicted molar refractivity (Wildman–Crippen MR) is 52.1 cm³/mol. The third-order valence-electron chi connectivity index (χ3n) is 1.21. The third kappa shape index (κ3) is 7.02. The van der Waals surface area contributed by atoms with Crippen molar-refractivity contribution < 1.29 is 13.2 Å². The lowest BCUT2D eigenvalue weighted by Gasteiger charge is -2.14. The Morgan fingerprint density at radius 2 is 2.17 bits per heavy atom. The van der Waals surface area contributed by atoms with Gasteiger partial charge in [-0.05, 0) is 6.42 Å². The van der Waals surface area contributed by atoms with Crippen molar-refractivity contribution in [2.24, 2.45) is 0 Å². The number of alkyl halides is 1. The first kappa shape index (κ1) is 12.3. The third-order valence-corrected chi connectivity index (χ3v) is 2.43. The topological polar surface area (TPSA) is 55.4 Å². The number of sulfonamides is 1. The van der Waals surface area contributed by atoms with E-state index in [-0.39, 0.29) is 6.04 Å².